The number of thioether (sulfide) groups is 1. The molecular weight excluding hydrogens is 386 g/mol. The molecule has 0 aliphatic carbocycles. The van der Waals surface area contributed by atoms with Gasteiger partial charge in [0.25, 0.3) is 5.91 Å². The number of nitrogens with zero attached hydrogens (tertiary/aromatic N) is 1. The molecule has 0 spiro atoms. The number of carbonyl (C=O) groups excluding carboxylic acids is 1. The zero-order valence-electron chi connectivity index (χ0n) is 14.4. The summed E-state index contributed by atoms with van der Waals surface area (Å²) in [6.07, 6.45) is 2.98. The van der Waals surface area contributed by atoms with Gasteiger partial charge >= 0.3 is 0 Å². The summed E-state index contributed by atoms with van der Waals surface area (Å²) in [5, 5.41) is 0.620. The van der Waals surface area contributed by atoms with E-state index in [9.17, 15) is 4.79 Å². The Labute approximate surface area is 168 Å². The number of anilines is 1. The third kappa shape index (κ3) is 4.29. The van der Waals surface area contributed by atoms with E-state index in [1.165, 1.54) is 16.7 Å². The molecule has 6 heteroatoms. The van der Waals surface area contributed by atoms with Crippen LogP contribution in [0.25, 0.3) is 6.08 Å². The minimum Gasteiger partial charge on any atom is -0.491 e. The van der Waals surface area contributed by atoms with Crippen LogP contribution in [0.2, 0.25) is 5.02 Å². The maximum absolute atomic E-state index is 12.7. The van der Waals surface area contributed by atoms with Crippen LogP contribution in [0, 0.1) is 0 Å². The third-order valence-electron chi connectivity index (χ3n) is 3.97. The number of ether oxygens (including phenoxy) is 1. The quantitative estimate of drug-likeness (QED) is 0.457. The van der Waals surface area contributed by atoms with E-state index in [-0.39, 0.29) is 12.0 Å². The predicted octanol–water partition coefficient (Wildman–Crippen LogP) is 5.92. The summed E-state index contributed by atoms with van der Waals surface area (Å²) in [6.45, 7) is 4.12. The van der Waals surface area contributed by atoms with Crippen LogP contribution in [0.1, 0.15) is 25.8 Å². The van der Waals surface area contributed by atoms with Gasteiger partial charge in [0, 0.05) is 5.02 Å². The molecule has 1 fully saturated rings. The summed E-state index contributed by atoms with van der Waals surface area (Å²) in [5.41, 5.74) is 1.65. The van der Waals surface area contributed by atoms with Gasteiger partial charge in [0.1, 0.15) is 5.75 Å². The molecule has 1 aliphatic rings. The lowest BCUT2D eigenvalue weighted by Gasteiger charge is -2.14. The number of rotatable bonds is 5. The van der Waals surface area contributed by atoms with Gasteiger partial charge in [-0.15, -0.1) is 0 Å². The third-order valence-corrected chi connectivity index (χ3v) is 5.52. The van der Waals surface area contributed by atoms with Gasteiger partial charge in [0.2, 0.25) is 0 Å². The molecule has 1 aliphatic heterocycles. The van der Waals surface area contributed by atoms with Gasteiger partial charge in [-0.2, -0.15) is 0 Å². The van der Waals surface area contributed by atoms with E-state index in [0.717, 1.165) is 23.4 Å². The van der Waals surface area contributed by atoms with Crippen LogP contribution < -0.4 is 9.64 Å². The Bertz CT molecular complexity index is 847. The lowest BCUT2D eigenvalue weighted by Crippen LogP contribution is -2.27. The molecule has 1 atom stereocenters. The monoisotopic (exact) mass is 403 g/mol. The van der Waals surface area contributed by atoms with Crippen molar-refractivity contribution >= 4 is 57.6 Å². The van der Waals surface area contributed by atoms with Crippen molar-refractivity contribution in [1.82, 2.24) is 0 Å². The molecule has 3 rings (SSSR count). The van der Waals surface area contributed by atoms with E-state index < -0.39 is 0 Å². The Morgan fingerprint density at radius 2 is 1.85 bits per heavy atom. The highest BCUT2D eigenvalue weighted by Crippen LogP contribution is 2.36. The van der Waals surface area contributed by atoms with Crippen molar-refractivity contribution in [3.05, 3.63) is 64.0 Å². The van der Waals surface area contributed by atoms with E-state index >= 15 is 0 Å². The standard InChI is InChI=1S/C20H18ClNO2S2/c1-3-13(2)24-17-10-4-14(5-11-17)12-18-19(23)22(20(25)26-18)16-8-6-15(21)7-9-16/h4-13H,3H2,1-2H3/b18-12+/t13-/m1/s1. The van der Waals surface area contributed by atoms with Crippen LogP contribution in [0.15, 0.2) is 53.4 Å². The highest BCUT2D eigenvalue weighted by atomic mass is 35.5. The number of hydrogen-bond donors (Lipinski definition) is 0. The molecule has 0 radical (unpaired) electrons. The molecule has 1 amide bonds. The van der Waals surface area contributed by atoms with Crippen LogP contribution in [0.3, 0.4) is 0 Å². The van der Waals surface area contributed by atoms with Crippen molar-refractivity contribution < 1.29 is 9.53 Å². The second kappa shape index (κ2) is 8.25. The molecule has 26 heavy (non-hydrogen) atoms. The Morgan fingerprint density at radius 3 is 2.46 bits per heavy atom. The molecule has 3 nitrogen and oxygen atoms in total. The number of halogens is 1. The van der Waals surface area contributed by atoms with Gasteiger partial charge in [-0.05, 0) is 61.4 Å². The Morgan fingerprint density at radius 1 is 1.19 bits per heavy atom. The minimum absolute atomic E-state index is 0.123. The second-order valence-corrected chi connectivity index (χ2v) is 8.01. The maximum atomic E-state index is 12.7. The van der Waals surface area contributed by atoms with E-state index in [4.69, 9.17) is 28.6 Å². The number of thiocarbonyl (C=S) groups is 1. The molecule has 0 bridgehead atoms. The van der Waals surface area contributed by atoms with Crippen LogP contribution in [-0.4, -0.2) is 16.3 Å². The Hall–Kier alpha value is -1.82. The van der Waals surface area contributed by atoms with Crippen LogP contribution in [0.4, 0.5) is 5.69 Å². The zero-order valence-corrected chi connectivity index (χ0v) is 16.8. The Balaban J connectivity index is 1.78. The molecule has 134 valence electrons. The normalized spacial score (nSPS) is 17.0. The van der Waals surface area contributed by atoms with Crippen molar-refractivity contribution in [2.45, 2.75) is 26.4 Å². The number of benzene rings is 2. The fourth-order valence-electron chi connectivity index (χ4n) is 2.39. The summed E-state index contributed by atoms with van der Waals surface area (Å²) < 4.78 is 6.29. The first-order chi connectivity index (χ1) is 12.5. The summed E-state index contributed by atoms with van der Waals surface area (Å²) in [5.74, 6) is 0.701. The van der Waals surface area contributed by atoms with Gasteiger partial charge in [-0.25, -0.2) is 0 Å². The molecule has 0 aromatic heterocycles. The number of amides is 1. The average molecular weight is 404 g/mol. The largest absolute Gasteiger partial charge is 0.491 e. The SMILES string of the molecule is CC[C@@H](C)Oc1ccc(/C=C2/SC(=S)N(c3ccc(Cl)cc3)C2=O)cc1. The van der Waals surface area contributed by atoms with E-state index in [2.05, 4.69) is 6.92 Å². The first-order valence-electron chi connectivity index (χ1n) is 8.28. The maximum Gasteiger partial charge on any atom is 0.270 e. The number of hydrogen-bond acceptors (Lipinski definition) is 4. The number of carbonyl (C=O) groups is 1. The summed E-state index contributed by atoms with van der Waals surface area (Å²) >= 11 is 12.6. The fourth-order valence-corrected chi connectivity index (χ4v) is 3.82. The average Bonchev–Trinajstić information content (AvgIpc) is 2.91. The first kappa shape index (κ1) is 19.0. The molecular formula is C20H18ClNO2S2. The lowest BCUT2D eigenvalue weighted by molar-refractivity contribution is -0.113. The molecule has 2 aromatic rings. The van der Waals surface area contributed by atoms with Crippen LogP contribution in [0.5, 0.6) is 5.75 Å². The van der Waals surface area contributed by atoms with Gasteiger partial charge in [-0.3, -0.25) is 9.69 Å². The van der Waals surface area contributed by atoms with Gasteiger partial charge in [0.15, 0.2) is 4.32 Å². The highest BCUT2D eigenvalue weighted by molar-refractivity contribution is 8.27. The molecule has 2 aromatic carbocycles. The molecule has 0 unspecified atom stereocenters. The fraction of sp³-hybridized carbons (Fsp3) is 0.200. The lowest BCUT2D eigenvalue weighted by atomic mass is 10.2. The second-order valence-electron chi connectivity index (χ2n) is 5.90. The van der Waals surface area contributed by atoms with Gasteiger partial charge in [-0.1, -0.05) is 54.6 Å². The topological polar surface area (TPSA) is 29.5 Å². The molecule has 0 N–H and O–H groups in total. The van der Waals surface area contributed by atoms with E-state index in [1.807, 2.05) is 37.3 Å². The van der Waals surface area contributed by atoms with Crippen molar-refractivity contribution in [3.63, 3.8) is 0 Å². The summed E-state index contributed by atoms with van der Waals surface area (Å²) in [6, 6.07) is 14.8. The summed E-state index contributed by atoms with van der Waals surface area (Å²) in [4.78, 5) is 14.9. The zero-order chi connectivity index (χ0) is 18.7. The van der Waals surface area contributed by atoms with Crippen molar-refractivity contribution in [2.75, 3.05) is 4.90 Å². The van der Waals surface area contributed by atoms with E-state index in [1.54, 1.807) is 24.3 Å². The highest BCUT2D eigenvalue weighted by Gasteiger charge is 2.33. The van der Waals surface area contributed by atoms with Crippen molar-refractivity contribution in [3.8, 4) is 5.75 Å². The molecule has 1 heterocycles. The minimum atomic E-state index is -0.123. The summed E-state index contributed by atoms with van der Waals surface area (Å²) in [7, 11) is 0. The van der Waals surface area contributed by atoms with E-state index in [0.29, 0.717) is 14.2 Å². The predicted molar refractivity (Wildman–Crippen MR) is 114 cm³/mol. The van der Waals surface area contributed by atoms with Crippen LogP contribution in [-0.2, 0) is 4.79 Å². The Kier molecular flexibility index (Phi) is 6.01. The van der Waals surface area contributed by atoms with Crippen molar-refractivity contribution in [2.24, 2.45) is 0 Å². The van der Waals surface area contributed by atoms with Crippen LogP contribution >= 0.6 is 35.6 Å². The van der Waals surface area contributed by atoms with Gasteiger partial charge < -0.3 is 4.74 Å². The van der Waals surface area contributed by atoms with Crippen molar-refractivity contribution in [1.29, 1.82) is 0 Å². The molecule has 1 saturated heterocycles. The van der Waals surface area contributed by atoms with Gasteiger partial charge in [0.05, 0.1) is 16.7 Å². The first-order valence-corrected chi connectivity index (χ1v) is 9.88. The molecule has 0 saturated carbocycles. The smallest absolute Gasteiger partial charge is 0.270 e.